The molecule has 0 aliphatic carbocycles. The molecular formula is C20H25ClN2O2. The minimum absolute atomic E-state index is 0. The van der Waals surface area contributed by atoms with E-state index in [1.807, 2.05) is 42.5 Å². The van der Waals surface area contributed by atoms with Gasteiger partial charge in [0.2, 0.25) is 5.91 Å². The largest absolute Gasteiger partial charge is 0.376 e. The first-order valence-electron chi connectivity index (χ1n) is 8.56. The van der Waals surface area contributed by atoms with Gasteiger partial charge < -0.3 is 15.4 Å². The second kappa shape index (κ2) is 10.2. The van der Waals surface area contributed by atoms with Crippen LogP contribution in [0.2, 0.25) is 0 Å². The van der Waals surface area contributed by atoms with E-state index in [1.54, 1.807) is 0 Å². The molecule has 0 radical (unpaired) electrons. The number of halogens is 1. The lowest BCUT2D eigenvalue weighted by atomic mass is 10.1. The number of carbonyl (C=O) groups is 1. The number of anilines is 1. The first-order chi connectivity index (χ1) is 11.8. The summed E-state index contributed by atoms with van der Waals surface area (Å²) >= 11 is 0. The summed E-state index contributed by atoms with van der Waals surface area (Å²) < 4.78 is 5.76. The number of carbonyl (C=O) groups excluding carboxylic acids is 1. The quantitative estimate of drug-likeness (QED) is 0.742. The Morgan fingerprint density at radius 3 is 2.68 bits per heavy atom. The molecule has 1 aliphatic heterocycles. The van der Waals surface area contributed by atoms with Gasteiger partial charge in [-0.25, -0.2) is 0 Å². The Balaban J connectivity index is 0.00000225. The minimum Gasteiger partial charge on any atom is -0.376 e. The molecule has 1 fully saturated rings. The minimum atomic E-state index is -0.0595. The third-order valence-electron chi connectivity index (χ3n) is 4.22. The second-order valence-electron chi connectivity index (χ2n) is 6.13. The Bertz CT molecular complexity index is 658. The Kier molecular flexibility index (Phi) is 7.92. The van der Waals surface area contributed by atoms with Crippen LogP contribution in [0.3, 0.4) is 0 Å². The highest BCUT2D eigenvalue weighted by Crippen LogP contribution is 2.14. The predicted octanol–water partition coefficient (Wildman–Crippen LogP) is 3.56. The Labute approximate surface area is 155 Å². The first-order valence-corrected chi connectivity index (χ1v) is 8.56. The molecule has 1 aliphatic rings. The summed E-state index contributed by atoms with van der Waals surface area (Å²) in [5, 5.41) is 6.20. The van der Waals surface area contributed by atoms with Crippen LogP contribution in [0.25, 0.3) is 0 Å². The SMILES string of the molecule is Cl.O=C(Nc1cccc(COCCc2ccccc2)c1)C1CCCN1. The van der Waals surface area contributed by atoms with E-state index in [0.717, 1.165) is 37.1 Å². The lowest BCUT2D eigenvalue weighted by Gasteiger charge is -2.12. The van der Waals surface area contributed by atoms with Gasteiger partial charge in [0, 0.05) is 5.69 Å². The first kappa shape index (κ1) is 19.4. The number of hydrogen-bond donors (Lipinski definition) is 2. The van der Waals surface area contributed by atoms with Crippen LogP contribution in [-0.2, 0) is 22.6 Å². The molecule has 0 spiro atoms. The number of hydrogen-bond acceptors (Lipinski definition) is 3. The van der Waals surface area contributed by atoms with Gasteiger partial charge in [0.15, 0.2) is 0 Å². The molecule has 1 atom stereocenters. The van der Waals surface area contributed by atoms with Crippen molar-refractivity contribution in [3.05, 3.63) is 65.7 Å². The molecule has 25 heavy (non-hydrogen) atoms. The van der Waals surface area contributed by atoms with Crippen LogP contribution in [-0.4, -0.2) is 25.1 Å². The molecule has 1 heterocycles. The van der Waals surface area contributed by atoms with Crippen LogP contribution in [0.1, 0.15) is 24.0 Å². The molecule has 1 saturated heterocycles. The Morgan fingerprint density at radius 1 is 1.12 bits per heavy atom. The van der Waals surface area contributed by atoms with Gasteiger partial charge in [-0.1, -0.05) is 42.5 Å². The maximum atomic E-state index is 12.1. The summed E-state index contributed by atoms with van der Waals surface area (Å²) in [6, 6.07) is 18.1. The van der Waals surface area contributed by atoms with Crippen LogP contribution in [0.5, 0.6) is 0 Å². The van der Waals surface area contributed by atoms with Crippen molar-refractivity contribution in [2.75, 3.05) is 18.5 Å². The maximum Gasteiger partial charge on any atom is 0.241 e. The molecule has 5 heteroatoms. The number of ether oxygens (including phenoxy) is 1. The summed E-state index contributed by atoms with van der Waals surface area (Å²) in [4.78, 5) is 12.1. The molecule has 0 bridgehead atoms. The predicted molar refractivity (Wildman–Crippen MR) is 103 cm³/mol. The molecule has 0 saturated carbocycles. The fourth-order valence-corrected chi connectivity index (χ4v) is 2.90. The highest BCUT2D eigenvalue weighted by atomic mass is 35.5. The van der Waals surface area contributed by atoms with Gasteiger partial charge in [0.1, 0.15) is 0 Å². The molecule has 2 N–H and O–H groups in total. The summed E-state index contributed by atoms with van der Waals surface area (Å²) in [6.07, 6.45) is 2.88. The summed E-state index contributed by atoms with van der Waals surface area (Å²) in [6.45, 7) is 2.16. The van der Waals surface area contributed by atoms with Crippen molar-refractivity contribution < 1.29 is 9.53 Å². The van der Waals surface area contributed by atoms with E-state index in [9.17, 15) is 4.79 Å². The molecule has 1 amide bonds. The smallest absolute Gasteiger partial charge is 0.241 e. The molecule has 134 valence electrons. The van der Waals surface area contributed by atoms with Crippen molar-refractivity contribution in [3.63, 3.8) is 0 Å². The average Bonchev–Trinajstić information content (AvgIpc) is 3.15. The zero-order valence-corrected chi connectivity index (χ0v) is 15.1. The normalized spacial score (nSPS) is 16.2. The van der Waals surface area contributed by atoms with Crippen molar-refractivity contribution >= 4 is 24.0 Å². The highest BCUT2D eigenvalue weighted by Gasteiger charge is 2.21. The summed E-state index contributed by atoms with van der Waals surface area (Å²) in [5.41, 5.74) is 3.18. The van der Waals surface area contributed by atoms with Gasteiger partial charge in [0.05, 0.1) is 19.3 Å². The standard InChI is InChI=1S/C20H24N2O2.ClH/c23-20(19-10-5-12-21-19)22-18-9-4-8-17(14-18)15-24-13-11-16-6-2-1-3-7-16;/h1-4,6-9,14,19,21H,5,10-13,15H2,(H,22,23);1H. The molecule has 2 aromatic carbocycles. The van der Waals surface area contributed by atoms with E-state index in [-0.39, 0.29) is 24.4 Å². The van der Waals surface area contributed by atoms with Crippen LogP contribution in [0.4, 0.5) is 5.69 Å². The maximum absolute atomic E-state index is 12.1. The lowest BCUT2D eigenvalue weighted by Crippen LogP contribution is -2.35. The van der Waals surface area contributed by atoms with Crippen LogP contribution in [0.15, 0.2) is 54.6 Å². The van der Waals surface area contributed by atoms with E-state index in [1.165, 1.54) is 5.56 Å². The molecule has 1 unspecified atom stereocenters. The zero-order chi connectivity index (χ0) is 16.6. The van der Waals surface area contributed by atoms with E-state index < -0.39 is 0 Å². The van der Waals surface area contributed by atoms with Crippen molar-refractivity contribution in [3.8, 4) is 0 Å². The third kappa shape index (κ3) is 6.16. The van der Waals surface area contributed by atoms with Crippen LogP contribution in [0, 0.1) is 0 Å². The second-order valence-corrected chi connectivity index (χ2v) is 6.13. The van der Waals surface area contributed by atoms with Crippen molar-refractivity contribution in [1.29, 1.82) is 0 Å². The van der Waals surface area contributed by atoms with E-state index in [2.05, 4.69) is 22.8 Å². The topological polar surface area (TPSA) is 50.4 Å². The monoisotopic (exact) mass is 360 g/mol. The van der Waals surface area contributed by atoms with Gasteiger partial charge in [0.25, 0.3) is 0 Å². The number of amides is 1. The van der Waals surface area contributed by atoms with E-state index in [4.69, 9.17) is 4.74 Å². The zero-order valence-electron chi connectivity index (χ0n) is 14.2. The van der Waals surface area contributed by atoms with Gasteiger partial charge >= 0.3 is 0 Å². The van der Waals surface area contributed by atoms with Gasteiger partial charge in [-0.05, 0) is 49.1 Å². The fourth-order valence-electron chi connectivity index (χ4n) is 2.90. The van der Waals surface area contributed by atoms with Crippen molar-refractivity contribution in [2.24, 2.45) is 0 Å². The molecular weight excluding hydrogens is 336 g/mol. The summed E-state index contributed by atoms with van der Waals surface area (Å²) in [7, 11) is 0. The Morgan fingerprint density at radius 2 is 1.92 bits per heavy atom. The molecule has 3 rings (SSSR count). The lowest BCUT2D eigenvalue weighted by molar-refractivity contribution is -0.117. The van der Waals surface area contributed by atoms with Crippen LogP contribution >= 0.6 is 12.4 Å². The van der Waals surface area contributed by atoms with Crippen LogP contribution < -0.4 is 10.6 Å². The number of benzene rings is 2. The van der Waals surface area contributed by atoms with Gasteiger partial charge in [-0.3, -0.25) is 4.79 Å². The van der Waals surface area contributed by atoms with Crippen molar-refractivity contribution in [1.82, 2.24) is 5.32 Å². The molecule has 2 aromatic rings. The highest BCUT2D eigenvalue weighted by molar-refractivity contribution is 5.95. The van der Waals surface area contributed by atoms with Crippen molar-refractivity contribution in [2.45, 2.75) is 31.9 Å². The number of rotatable bonds is 7. The van der Waals surface area contributed by atoms with Gasteiger partial charge in [-0.2, -0.15) is 0 Å². The Hall–Kier alpha value is -1.88. The summed E-state index contributed by atoms with van der Waals surface area (Å²) in [5.74, 6) is 0.0506. The number of nitrogens with one attached hydrogen (secondary N) is 2. The van der Waals surface area contributed by atoms with E-state index in [0.29, 0.717) is 13.2 Å². The van der Waals surface area contributed by atoms with Gasteiger partial charge in [-0.15, -0.1) is 12.4 Å². The average molecular weight is 361 g/mol. The molecule has 4 nitrogen and oxygen atoms in total. The third-order valence-corrected chi connectivity index (χ3v) is 4.22. The fraction of sp³-hybridized carbons (Fsp3) is 0.350. The van der Waals surface area contributed by atoms with E-state index >= 15 is 0 Å². The molecule has 0 aromatic heterocycles.